The maximum atomic E-state index is 5.43. The van der Waals surface area contributed by atoms with Crippen molar-refractivity contribution in [2.24, 2.45) is 0 Å². The summed E-state index contributed by atoms with van der Waals surface area (Å²) in [5, 5.41) is 7.60. The molecule has 0 saturated heterocycles. The zero-order chi connectivity index (χ0) is 11.8. The molecule has 0 bridgehead atoms. The lowest BCUT2D eigenvalue weighted by Gasteiger charge is -2.10. The lowest BCUT2D eigenvalue weighted by Crippen LogP contribution is -2.14. The molecule has 16 heavy (non-hydrogen) atoms. The Bertz CT molecular complexity index is 282. The van der Waals surface area contributed by atoms with E-state index >= 15 is 0 Å². The number of hydrogen-bond acceptors (Lipinski definition) is 3. The zero-order valence-corrected chi connectivity index (χ0v) is 10.6. The molecule has 0 aromatic carbocycles. The van der Waals surface area contributed by atoms with E-state index in [1.54, 1.807) is 0 Å². The fourth-order valence-corrected chi connectivity index (χ4v) is 1.69. The van der Waals surface area contributed by atoms with Gasteiger partial charge >= 0.3 is 0 Å². The van der Waals surface area contributed by atoms with Gasteiger partial charge in [-0.15, -0.1) is 0 Å². The van der Waals surface area contributed by atoms with E-state index in [0.717, 1.165) is 32.6 Å². The standard InChI is InChI=1S/C12H23N3O/c1-4-7-16-8-6-15-10-11(9-14-15)12(5-2)13-3/h9-10,12-13H,4-8H2,1-3H3. The first-order valence-corrected chi connectivity index (χ1v) is 6.09. The molecule has 0 amide bonds. The van der Waals surface area contributed by atoms with Gasteiger partial charge in [-0.3, -0.25) is 4.68 Å². The first-order valence-electron chi connectivity index (χ1n) is 6.09. The third-order valence-corrected chi connectivity index (χ3v) is 2.63. The normalized spacial score (nSPS) is 12.9. The molecule has 0 aliphatic carbocycles. The van der Waals surface area contributed by atoms with Crippen LogP contribution < -0.4 is 5.32 Å². The Kier molecular flexibility index (Phi) is 6.11. The molecule has 0 spiro atoms. The van der Waals surface area contributed by atoms with Gasteiger partial charge in [0.15, 0.2) is 0 Å². The highest BCUT2D eigenvalue weighted by atomic mass is 16.5. The van der Waals surface area contributed by atoms with E-state index in [1.165, 1.54) is 5.56 Å². The molecule has 1 rings (SSSR count). The number of nitrogens with zero attached hydrogens (tertiary/aromatic N) is 2. The van der Waals surface area contributed by atoms with Crippen LogP contribution in [0.4, 0.5) is 0 Å². The lowest BCUT2D eigenvalue weighted by molar-refractivity contribution is 0.124. The van der Waals surface area contributed by atoms with Crippen molar-refractivity contribution in [3.8, 4) is 0 Å². The van der Waals surface area contributed by atoms with Gasteiger partial charge in [-0.25, -0.2) is 0 Å². The van der Waals surface area contributed by atoms with E-state index in [1.807, 2.05) is 17.9 Å². The van der Waals surface area contributed by atoms with E-state index in [9.17, 15) is 0 Å². The summed E-state index contributed by atoms with van der Waals surface area (Å²) in [4.78, 5) is 0. The molecule has 1 heterocycles. The summed E-state index contributed by atoms with van der Waals surface area (Å²) in [5.74, 6) is 0. The number of hydrogen-bond donors (Lipinski definition) is 1. The first-order chi connectivity index (χ1) is 7.81. The lowest BCUT2D eigenvalue weighted by atomic mass is 10.1. The van der Waals surface area contributed by atoms with Gasteiger partial charge in [-0.1, -0.05) is 13.8 Å². The Morgan fingerprint density at radius 1 is 1.44 bits per heavy atom. The summed E-state index contributed by atoms with van der Waals surface area (Å²) >= 11 is 0. The molecule has 1 unspecified atom stereocenters. The van der Waals surface area contributed by atoms with Gasteiger partial charge in [0.1, 0.15) is 0 Å². The summed E-state index contributed by atoms with van der Waals surface area (Å²) in [6.07, 6.45) is 6.18. The second kappa shape index (κ2) is 7.41. The quantitative estimate of drug-likeness (QED) is 0.688. The van der Waals surface area contributed by atoms with Crippen LogP contribution in [0.5, 0.6) is 0 Å². The average Bonchev–Trinajstić information content (AvgIpc) is 2.75. The smallest absolute Gasteiger partial charge is 0.0662 e. The highest BCUT2D eigenvalue weighted by Crippen LogP contribution is 2.14. The van der Waals surface area contributed by atoms with Crippen LogP contribution in [0.1, 0.15) is 38.3 Å². The highest BCUT2D eigenvalue weighted by Gasteiger charge is 2.08. The minimum absolute atomic E-state index is 0.408. The maximum Gasteiger partial charge on any atom is 0.0662 e. The molecule has 4 nitrogen and oxygen atoms in total. The molecular formula is C12H23N3O. The van der Waals surface area contributed by atoms with E-state index in [0.29, 0.717) is 6.04 Å². The number of aromatic nitrogens is 2. The summed E-state index contributed by atoms with van der Waals surface area (Å²) in [6, 6.07) is 0.408. The predicted molar refractivity (Wildman–Crippen MR) is 65.4 cm³/mol. The van der Waals surface area contributed by atoms with Crippen molar-refractivity contribution in [1.82, 2.24) is 15.1 Å². The van der Waals surface area contributed by atoms with Crippen LogP contribution in [0, 0.1) is 0 Å². The van der Waals surface area contributed by atoms with Crippen molar-refractivity contribution in [1.29, 1.82) is 0 Å². The van der Waals surface area contributed by atoms with Gasteiger partial charge < -0.3 is 10.1 Å². The van der Waals surface area contributed by atoms with Crippen LogP contribution in [0.25, 0.3) is 0 Å². The van der Waals surface area contributed by atoms with Crippen molar-refractivity contribution in [3.05, 3.63) is 18.0 Å². The molecule has 0 aliphatic heterocycles. The molecule has 0 aliphatic rings. The molecular weight excluding hydrogens is 202 g/mol. The third-order valence-electron chi connectivity index (χ3n) is 2.63. The second-order valence-corrected chi connectivity index (χ2v) is 3.90. The monoisotopic (exact) mass is 225 g/mol. The fourth-order valence-electron chi connectivity index (χ4n) is 1.69. The molecule has 0 fully saturated rings. The van der Waals surface area contributed by atoms with E-state index in [2.05, 4.69) is 30.5 Å². The number of nitrogens with one attached hydrogen (secondary N) is 1. The molecule has 92 valence electrons. The first kappa shape index (κ1) is 13.2. The van der Waals surface area contributed by atoms with E-state index in [-0.39, 0.29) is 0 Å². The minimum Gasteiger partial charge on any atom is -0.380 e. The van der Waals surface area contributed by atoms with E-state index in [4.69, 9.17) is 4.74 Å². The molecule has 0 saturated carbocycles. The molecule has 0 radical (unpaired) electrons. The van der Waals surface area contributed by atoms with Gasteiger partial charge in [-0.05, 0) is 19.9 Å². The van der Waals surface area contributed by atoms with Crippen LogP contribution in [-0.2, 0) is 11.3 Å². The van der Waals surface area contributed by atoms with Crippen molar-refractivity contribution in [2.45, 2.75) is 39.3 Å². The Morgan fingerprint density at radius 3 is 2.88 bits per heavy atom. The SMILES string of the molecule is CCCOCCn1cc(C(CC)NC)cn1. The van der Waals surface area contributed by atoms with Crippen LogP contribution in [-0.4, -0.2) is 30.0 Å². The molecule has 1 aromatic rings. The topological polar surface area (TPSA) is 39.1 Å². The van der Waals surface area contributed by atoms with Gasteiger partial charge in [0, 0.05) is 24.4 Å². The Labute approximate surface area is 98.0 Å². The van der Waals surface area contributed by atoms with Crippen molar-refractivity contribution < 1.29 is 4.74 Å². The largest absolute Gasteiger partial charge is 0.380 e. The van der Waals surface area contributed by atoms with Gasteiger partial charge in [0.25, 0.3) is 0 Å². The van der Waals surface area contributed by atoms with Crippen LogP contribution in [0.3, 0.4) is 0 Å². The minimum atomic E-state index is 0.408. The Balaban J connectivity index is 2.38. The van der Waals surface area contributed by atoms with Crippen molar-refractivity contribution in [2.75, 3.05) is 20.3 Å². The number of rotatable bonds is 8. The fraction of sp³-hybridized carbons (Fsp3) is 0.750. The highest BCUT2D eigenvalue weighted by molar-refractivity contribution is 5.09. The molecule has 4 heteroatoms. The predicted octanol–water partition coefficient (Wildman–Crippen LogP) is 1.98. The van der Waals surface area contributed by atoms with Gasteiger partial charge in [0.05, 0.1) is 19.3 Å². The molecule has 1 N–H and O–H groups in total. The number of ether oxygens (including phenoxy) is 1. The summed E-state index contributed by atoms with van der Waals surface area (Å²) in [5.41, 5.74) is 1.25. The average molecular weight is 225 g/mol. The second-order valence-electron chi connectivity index (χ2n) is 3.90. The zero-order valence-electron chi connectivity index (χ0n) is 10.6. The van der Waals surface area contributed by atoms with Crippen molar-refractivity contribution in [3.63, 3.8) is 0 Å². The van der Waals surface area contributed by atoms with Crippen LogP contribution >= 0.6 is 0 Å². The van der Waals surface area contributed by atoms with Crippen LogP contribution in [0.15, 0.2) is 12.4 Å². The molecule has 1 aromatic heterocycles. The Morgan fingerprint density at radius 2 is 2.25 bits per heavy atom. The maximum absolute atomic E-state index is 5.43. The van der Waals surface area contributed by atoms with Crippen molar-refractivity contribution >= 4 is 0 Å². The molecule has 1 atom stereocenters. The van der Waals surface area contributed by atoms with Gasteiger partial charge in [-0.2, -0.15) is 5.10 Å². The van der Waals surface area contributed by atoms with Crippen LogP contribution in [0.2, 0.25) is 0 Å². The third kappa shape index (κ3) is 3.94. The summed E-state index contributed by atoms with van der Waals surface area (Å²) in [7, 11) is 1.98. The summed E-state index contributed by atoms with van der Waals surface area (Å²) in [6.45, 7) is 6.70. The summed E-state index contributed by atoms with van der Waals surface area (Å²) < 4.78 is 7.38. The van der Waals surface area contributed by atoms with E-state index < -0.39 is 0 Å². The van der Waals surface area contributed by atoms with Gasteiger partial charge in [0.2, 0.25) is 0 Å². The Hall–Kier alpha value is -0.870.